The summed E-state index contributed by atoms with van der Waals surface area (Å²) in [4.78, 5) is 0. The van der Waals surface area contributed by atoms with Gasteiger partial charge in [0.1, 0.15) is 0 Å². The molecule has 0 aliphatic carbocycles. The topological polar surface area (TPSA) is 851 Å². The van der Waals surface area contributed by atoms with E-state index in [-0.39, 0.29) is 18.5 Å². The Morgan fingerprint density at radius 2 is 0.132 bits per heavy atom. The normalized spacial score (nSPS) is 10.9. The minimum atomic E-state index is -4.67. The van der Waals surface area contributed by atoms with Crippen molar-refractivity contribution in [1.82, 2.24) is 18.5 Å². The molecule has 0 heterocycles. The van der Waals surface area contributed by atoms with E-state index in [2.05, 4.69) is 0 Å². The van der Waals surface area contributed by atoms with Crippen LogP contribution in [0.25, 0.3) is 0 Å². The predicted molar refractivity (Wildman–Crippen MR) is 157 cm³/mol. The molecular weight excluding hydrogens is 1000 g/mol. The molecule has 53 heavy (non-hydrogen) atoms. The van der Waals surface area contributed by atoms with Crippen molar-refractivity contribution in [3.05, 3.63) is 0 Å². The van der Waals surface area contributed by atoms with E-state index in [4.69, 9.17) is 175 Å². The van der Waals surface area contributed by atoms with Gasteiger partial charge >= 0.3 is 104 Å². The monoisotopic (exact) mass is 1030 g/mol. The van der Waals surface area contributed by atoms with Crippen molar-refractivity contribution in [1.29, 1.82) is 0 Å². The molecule has 29 N–H and O–H groups in total. The summed E-state index contributed by atoms with van der Waals surface area (Å²) in [6.45, 7) is 0. The first-order valence-corrected chi connectivity index (χ1v) is 21.0. The number of hydrogen-bond acceptors (Lipinski definition) is 23. The van der Waals surface area contributed by atoms with Crippen LogP contribution in [0, 0.1) is 0 Å². The van der Waals surface area contributed by atoms with E-state index in [1.54, 1.807) is 0 Å². The number of rotatable bonds is 0. The molecule has 344 valence electrons. The highest BCUT2D eigenvalue weighted by molar-refractivity contribution is 7.81. The molecule has 0 aliphatic rings. The highest BCUT2D eigenvalue weighted by atomic mass is 32.3. The lowest BCUT2D eigenvalue weighted by Crippen LogP contribution is -1.89. The first kappa shape index (κ1) is 88.7. The molecule has 0 saturated carbocycles. The van der Waals surface area contributed by atoms with Crippen LogP contribution >= 0.6 is 0 Å². The lowest BCUT2D eigenvalue weighted by Gasteiger charge is -1.68. The maximum absolute atomic E-state index is 8.74. The van der Waals surface area contributed by atoms with Crippen LogP contribution in [0.1, 0.15) is 0 Å². The lowest BCUT2D eigenvalue weighted by atomic mass is 14.0. The largest absolute Gasteiger partial charge is 0.394 e. The Morgan fingerprint density at radius 3 is 0.132 bits per heavy atom. The summed E-state index contributed by atoms with van der Waals surface area (Å²) in [7, 11) is -46.7. The molecule has 0 saturated heterocycles. The maximum atomic E-state index is 8.74. The summed E-state index contributed by atoms with van der Waals surface area (Å²) in [6.07, 6.45) is 0. The summed E-state index contributed by atoms with van der Waals surface area (Å²) in [6, 6.07) is 0. The molecule has 0 bridgehead atoms. The van der Waals surface area contributed by atoms with Gasteiger partial charge in [-0.05, 0) is 0 Å². The summed E-state index contributed by atoms with van der Waals surface area (Å²) in [5.74, 6) is 0. The molecular formula is H29N3O40S10. The molecule has 0 spiro atoms. The SMILES string of the molecule is N.N.N.O=S(=O)(O)O.O=S(=O)(O)O.O=S(=O)(O)O.O=S(=O)(O)O.O=S(=O)(O)O.O=S(=O)(O)O.O=S(=O)(O)O.O=S(=O)(O)O.O=S(=O)(O)O.O=S(=O)(O)O. The Hall–Kier alpha value is -1.42. The Balaban J connectivity index is -0.0000000303. The molecule has 0 unspecified atom stereocenters. The van der Waals surface area contributed by atoms with Crippen molar-refractivity contribution in [2.24, 2.45) is 0 Å². The second-order valence-corrected chi connectivity index (χ2v) is 13.4. The first-order chi connectivity index (χ1) is 20.0. The van der Waals surface area contributed by atoms with E-state index in [0.717, 1.165) is 0 Å². The van der Waals surface area contributed by atoms with Crippen LogP contribution in [0.2, 0.25) is 0 Å². The van der Waals surface area contributed by atoms with Crippen molar-refractivity contribution in [2.75, 3.05) is 0 Å². The molecule has 0 atom stereocenters. The smallest absolute Gasteiger partial charge is 0.344 e. The Morgan fingerprint density at radius 1 is 0.132 bits per heavy atom. The van der Waals surface area contributed by atoms with Crippen LogP contribution in [0.4, 0.5) is 0 Å². The standard InChI is InChI=1S/3H3N.10H2O4S/c;;;10*1-5(2,3)4/h3*1H3;10*(H2,1,2,3,4). The van der Waals surface area contributed by atoms with Gasteiger partial charge in [-0.3, -0.25) is 91.1 Å². The molecule has 0 aliphatic heterocycles. The van der Waals surface area contributed by atoms with E-state index >= 15 is 0 Å². The van der Waals surface area contributed by atoms with Crippen molar-refractivity contribution >= 4 is 104 Å². The Labute approximate surface area is 296 Å². The van der Waals surface area contributed by atoms with Gasteiger partial charge in [-0.1, -0.05) is 0 Å². The van der Waals surface area contributed by atoms with Crippen molar-refractivity contribution in [3.63, 3.8) is 0 Å². The zero-order chi connectivity index (χ0) is 45.0. The van der Waals surface area contributed by atoms with E-state index in [1.165, 1.54) is 0 Å². The summed E-state index contributed by atoms with van der Waals surface area (Å²) in [5, 5.41) is 0. The maximum Gasteiger partial charge on any atom is 0.394 e. The molecule has 43 nitrogen and oxygen atoms in total. The van der Waals surface area contributed by atoms with Gasteiger partial charge in [-0.15, -0.1) is 0 Å². The lowest BCUT2D eigenvalue weighted by molar-refractivity contribution is 0.378. The molecule has 53 heteroatoms. The summed E-state index contributed by atoms with van der Waals surface area (Å²) >= 11 is 0. The fourth-order valence-electron chi connectivity index (χ4n) is 0. The molecule has 0 radical (unpaired) electrons. The van der Waals surface area contributed by atoms with E-state index in [0.29, 0.717) is 0 Å². The summed E-state index contributed by atoms with van der Waals surface area (Å²) in [5.41, 5.74) is 0. The molecule has 0 aromatic heterocycles. The Bertz CT molecular complexity index is 1380. The average molecular weight is 1030 g/mol. The van der Waals surface area contributed by atoms with Crippen LogP contribution in [-0.4, -0.2) is 175 Å². The third kappa shape index (κ3) is 59200. The molecule has 0 amide bonds. The van der Waals surface area contributed by atoms with Gasteiger partial charge in [0.25, 0.3) is 0 Å². The predicted octanol–water partition coefficient (Wildman–Crippen LogP) is -6.04. The zero-order valence-corrected chi connectivity index (χ0v) is 31.5. The van der Waals surface area contributed by atoms with Gasteiger partial charge in [-0.2, -0.15) is 84.2 Å². The zero-order valence-electron chi connectivity index (χ0n) is 23.3. The third-order valence-electron chi connectivity index (χ3n) is 0. The van der Waals surface area contributed by atoms with Gasteiger partial charge in [-0.25, -0.2) is 0 Å². The highest BCUT2D eigenvalue weighted by Crippen LogP contribution is 1.63. The van der Waals surface area contributed by atoms with Gasteiger partial charge in [0.05, 0.1) is 0 Å². The molecule has 0 aromatic carbocycles. The van der Waals surface area contributed by atoms with Gasteiger partial charge in [0.2, 0.25) is 0 Å². The first-order valence-electron chi connectivity index (χ1n) is 6.98. The van der Waals surface area contributed by atoms with Crippen molar-refractivity contribution in [3.8, 4) is 0 Å². The molecule has 0 aromatic rings. The minimum absolute atomic E-state index is 0. The van der Waals surface area contributed by atoms with Crippen molar-refractivity contribution < 1.29 is 175 Å². The quantitative estimate of drug-likeness (QED) is 0.100. The van der Waals surface area contributed by atoms with Crippen LogP contribution in [0.5, 0.6) is 0 Å². The van der Waals surface area contributed by atoms with Gasteiger partial charge in [0.15, 0.2) is 0 Å². The molecule has 0 rings (SSSR count). The Kier molecular flexibility index (Phi) is 60.6. The van der Waals surface area contributed by atoms with Crippen LogP contribution in [-0.2, 0) is 104 Å². The van der Waals surface area contributed by atoms with Gasteiger partial charge in [0, 0.05) is 0 Å². The van der Waals surface area contributed by atoms with Crippen LogP contribution < -0.4 is 18.5 Å². The van der Waals surface area contributed by atoms with Crippen LogP contribution in [0.3, 0.4) is 0 Å². The van der Waals surface area contributed by atoms with E-state index in [1.807, 2.05) is 0 Å². The fourth-order valence-corrected chi connectivity index (χ4v) is 0. The van der Waals surface area contributed by atoms with E-state index < -0.39 is 104 Å². The van der Waals surface area contributed by atoms with Crippen LogP contribution in [0.15, 0.2) is 0 Å². The van der Waals surface area contributed by atoms with E-state index in [9.17, 15) is 0 Å². The second kappa shape index (κ2) is 36.2. The van der Waals surface area contributed by atoms with Gasteiger partial charge < -0.3 is 18.5 Å². The second-order valence-electron chi connectivity index (χ2n) is 4.48. The molecule has 0 fully saturated rings. The summed E-state index contributed by atoms with van der Waals surface area (Å²) < 4.78 is 316. The fraction of sp³-hybridized carbons (Fsp3) is 0. The van der Waals surface area contributed by atoms with Crippen molar-refractivity contribution in [2.45, 2.75) is 0 Å². The average Bonchev–Trinajstić information content (AvgIpc) is 2.34. The highest BCUT2D eigenvalue weighted by Gasteiger charge is 1.88. The third-order valence-corrected chi connectivity index (χ3v) is 0. The number of hydrogen-bond donors (Lipinski definition) is 23. The minimum Gasteiger partial charge on any atom is -0.344 e.